The van der Waals surface area contributed by atoms with Crippen molar-refractivity contribution in [3.8, 4) is 0 Å². The number of rotatable bonds is 5. The van der Waals surface area contributed by atoms with Crippen molar-refractivity contribution >= 4 is 0 Å². The molecule has 0 amide bonds. The second-order valence-electron chi connectivity index (χ2n) is 4.80. The van der Waals surface area contributed by atoms with Crippen LogP contribution >= 0.6 is 0 Å². The molecular weight excluding hydrogens is 198 g/mol. The smallest absolute Gasteiger partial charge is 0.0585 e. The van der Waals surface area contributed by atoms with Crippen LogP contribution in [-0.4, -0.2) is 26.8 Å². The van der Waals surface area contributed by atoms with E-state index in [0.717, 1.165) is 19.8 Å². The molecular formula is C14H21NO. The van der Waals surface area contributed by atoms with Gasteiger partial charge in [0.15, 0.2) is 0 Å². The first-order chi connectivity index (χ1) is 7.78. The molecule has 0 atom stereocenters. The Morgan fingerprint density at radius 3 is 2.62 bits per heavy atom. The van der Waals surface area contributed by atoms with Crippen LogP contribution in [-0.2, 0) is 10.2 Å². The topological polar surface area (TPSA) is 21.3 Å². The van der Waals surface area contributed by atoms with Crippen molar-refractivity contribution in [1.29, 1.82) is 0 Å². The molecule has 0 aliphatic carbocycles. The average molecular weight is 219 g/mol. The summed E-state index contributed by atoms with van der Waals surface area (Å²) < 4.78 is 5.46. The van der Waals surface area contributed by atoms with Crippen LogP contribution in [0.15, 0.2) is 24.3 Å². The molecule has 16 heavy (non-hydrogen) atoms. The van der Waals surface area contributed by atoms with Crippen molar-refractivity contribution in [3.05, 3.63) is 35.4 Å². The van der Waals surface area contributed by atoms with Gasteiger partial charge < -0.3 is 10.1 Å². The largest absolute Gasteiger partial charge is 0.379 e. The SMILES string of the molecule is CNCCCC1(c2ccccc2C)COC1. The van der Waals surface area contributed by atoms with Gasteiger partial charge in [-0.3, -0.25) is 0 Å². The van der Waals surface area contributed by atoms with Crippen molar-refractivity contribution in [2.75, 3.05) is 26.8 Å². The molecule has 0 spiro atoms. The Labute approximate surface area is 98.0 Å². The fraction of sp³-hybridized carbons (Fsp3) is 0.571. The van der Waals surface area contributed by atoms with Crippen LogP contribution in [0.5, 0.6) is 0 Å². The number of aryl methyl sites for hydroxylation is 1. The lowest BCUT2D eigenvalue weighted by molar-refractivity contribution is -0.0653. The maximum absolute atomic E-state index is 5.46. The zero-order valence-corrected chi connectivity index (χ0v) is 10.3. The van der Waals surface area contributed by atoms with Gasteiger partial charge in [-0.15, -0.1) is 0 Å². The third-order valence-corrected chi connectivity index (χ3v) is 3.56. The normalized spacial score (nSPS) is 18.1. The number of benzene rings is 1. The summed E-state index contributed by atoms with van der Waals surface area (Å²) in [4.78, 5) is 0. The highest BCUT2D eigenvalue weighted by atomic mass is 16.5. The summed E-state index contributed by atoms with van der Waals surface area (Å²) in [5.74, 6) is 0. The van der Waals surface area contributed by atoms with E-state index in [0.29, 0.717) is 5.41 Å². The predicted molar refractivity (Wildman–Crippen MR) is 66.8 cm³/mol. The van der Waals surface area contributed by atoms with E-state index in [1.54, 1.807) is 0 Å². The van der Waals surface area contributed by atoms with Crippen LogP contribution in [0.25, 0.3) is 0 Å². The molecule has 88 valence electrons. The Kier molecular flexibility index (Phi) is 3.62. The van der Waals surface area contributed by atoms with Crippen molar-refractivity contribution in [2.24, 2.45) is 0 Å². The van der Waals surface area contributed by atoms with Gasteiger partial charge in [0, 0.05) is 5.41 Å². The lowest BCUT2D eigenvalue weighted by Crippen LogP contribution is -2.47. The van der Waals surface area contributed by atoms with Gasteiger partial charge in [0.2, 0.25) is 0 Å². The Bertz CT molecular complexity index is 344. The van der Waals surface area contributed by atoms with Gasteiger partial charge >= 0.3 is 0 Å². The minimum absolute atomic E-state index is 0.294. The van der Waals surface area contributed by atoms with Crippen molar-refractivity contribution in [3.63, 3.8) is 0 Å². The zero-order valence-electron chi connectivity index (χ0n) is 10.3. The molecule has 1 aliphatic rings. The summed E-state index contributed by atoms with van der Waals surface area (Å²) in [5.41, 5.74) is 3.18. The van der Waals surface area contributed by atoms with Gasteiger partial charge in [-0.2, -0.15) is 0 Å². The molecule has 0 unspecified atom stereocenters. The third-order valence-electron chi connectivity index (χ3n) is 3.56. The van der Waals surface area contributed by atoms with Gasteiger partial charge in [0.25, 0.3) is 0 Å². The van der Waals surface area contributed by atoms with Crippen molar-refractivity contribution < 1.29 is 4.74 Å². The second kappa shape index (κ2) is 4.98. The molecule has 2 rings (SSSR count). The van der Waals surface area contributed by atoms with Crippen LogP contribution in [0.2, 0.25) is 0 Å². The van der Waals surface area contributed by atoms with E-state index in [1.165, 1.54) is 24.0 Å². The Hall–Kier alpha value is -0.860. The molecule has 0 bridgehead atoms. The number of nitrogens with one attached hydrogen (secondary N) is 1. The molecule has 1 aromatic carbocycles. The highest BCUT2D eigenvalue weighted by Crippen LogP contribution is 2.38. The van der Waals surface area contributed by atoms with E-state index < -0.39 is 0 Å². The van der Waals surface area contributed by atoms with Crippen LogP contribution in [0.4, 0.5) is 0 Å². The summed E-state index contributed by atoms with van der Waals surface area (Å²) in [6, 6.07) is 8.71. The summed E-state index contributed by atoms with van der Waals surface area (Å²) in [6.07, 6.45) is 2.44. The molecule has 0 aromatic heterocycles. The predicted octanol–water partition coefficient (Wildman–Crippen LogP) is 2.26. The van der Waals surface area contributed by atoms with Crippen LogP contribution < -0.4 is 5.32 Å². The molecule has 1 N–H and O–H groups in total. The molecule has 1 heterocycles. The second-order valence-corrected chi connectivity index (χ2v) is 4.80. The summed E-state index contributed by atoms with van der Waals surface area (Å²) >= 11 is 0. The first-order valence-corrected chi connectivity index (χ1v) is 6.07. The molecule has 0 saturated carbocycles. The Morgan fingerprint density at radius 2 is 2.06 bits per heavy atom. The van der Waals surface area contributed by atoms with Gasteiger partial charge in [-0.05, 0) is 44.5 Å². The van der Waals surface area contributed by atoms with E-state index in [-0.39, 0.29) is 0 Å². The van der Waals surface area contributed by atoms with E-state index >= 15 is 0 Å². The summed E-state index contributed by atoms with van der Waals surface area (Å²) in [5, 5.41) is 3.21. The molecule has 0 radical (unpaired) electrons. The molecule has 1 fully saturated rings. The zero-order chi connectivity index (χ0) is 11.4. The van der Waals surface area contributed by atoms with Gasteiger partial charge in [-0.1, -0.05) is 24.3 Å². The van der Waals surface area contributed by atoms with E-state index in [1.807, 2.05) is 7.05 Å². The molecule has 1 saturated heterocycles. The standard InChI is InChI=1S/C14H21NO/c1-12-6-3-4-7-13(12)14(10-16-11-14)8-5-9-15-2/h3-4,6-7,15H,5,8-11H2,1-2H3. The first kappa shape index (κ1) is 11.6. The summed E-state index contributed by atoms with van der Waals surface area (Å²) in [7, 11) is 2.01. The van der Waals surface area contributed by atoms with Crippen LogP contribution in [0.1, 0.15) is 24.0 Å². The number of hydrogen-bond acceptors (Lipinski definition) is 2. The van der Waals surface area contributed by atoms with Crippen LogP contribution in [0.3, 0.4) is 0 Å². The fourth-order valence-electron chi connectivity index (χ4n) is 2.55. The third kappa shape index (κ3) is 2.13. The van der Waals surface area contributed by atoms with Crippen LogP contribution in [0, 0.1) is 6.92 Å². The molecule has 1 aromatic rings. The van der Waals surface area contributed by atoms with E-state index in [2.05, 4.69) is 36.5 Å². The number of hydrogen-bond donors (Lipinski definition) is 1. The van der Waals surface area contributed by atoms with Gasteiger partial charge in [-0.25, -0.2) is 0 Å². The monoisotopic (exact) mass is 219 g/mol. The van der Waals surface area contributed by atoms with Crippen molar-refractivity contribution in [1.82, 2.24) is 5.32 Å². The summed E-state index contributed by atoms with van der Waals surface area (Å²) in [6.45, 7) is 5.07. The fourth-order valence-corrected chi connectivity index (χ4v) is 2.55. The Morgan fingerprint density at radius 1 is 1.31 bits per heavy atom. The lowest BCUT2D eigenvalue weighted by atomic mass is 9.73. The van der Waals surface area contributed by atoms with E-state index in [4.69, 9.17) is 4.74 Å². The highest BCUT2D eigenvalue weighted by Gasteiger charge is 2.40. The minimum Gasteiger partial charge on any atom is -0.379 e. The molecule has 1 aliphatic heterocycles. The quantitative estimate of drug-likeness (QED) is 0.767. The average Bonchev–Trinajstić information content (AvgIpc) is 2.24. The van der Waals surface area contributed by atoms with E-state index in [9.17, 15) is 0 Å². The van der Waals surface area contributed by atoms with Gasteiger partial charge in [0.1, 0.15) is 0 Å². The maximum atomic E-state index is 5.46. The Balaban J connectivity index is 2.12. The highest BCUT2D eigenvalue weighted by molar-refractivity contribution is 5.35. The minimum atomic E-state index is 0.294. The molecule has 2 nitrogen and oxygen atoms in total. The first-order valence-electron chi connectivity index (χ1n) is 6.07. The van der Waals surface area contributed by atoms with Gasteiger partial charge in [0.05, 0.1) is 13.2 Å². The van der Waals surface area contributed by atoms with Crippen molar-refractivity contribution in [2.45, 2.75) is 25.2 Å². The number of ether oxygens (including phenoxy) is 1. The molecule has 2 heteroatoms. The lowest BCUT2D eigenvalue weighted by Gasteiger charge is -2.43. The maximum Gasteiger partial charge on any atom is 0.0585 e.